The lowest BCUT2D eigenvalue weighted by Gasteiger charge is -2.64. The lowest BCUT2D eigenvalue weighted by Crippen LogP contribution is -2.67. The summed E-state index contributed by atoms with van der Waals surface area (Å²) in [5.74, 6) is -0.520. The lowest BCUT2D eigenvalue weighted by atomic mass is 9.39. The van der Waals surface area contributed by atoms with Gasteiger partial charge >= 0.3 is 5.97 Å². The molecule has 1 aliphatic heterocycles. The first-order valence-corrected chi connectivity index (χ1v) is 9.89. The van der Waals surface area contributed by atoms with E-state index < -0.39 is 45.4 Å². The molecule has 4 saturated carbocycles. The molecule has 6 heteroatoms. The molecule has 5 fully saturated rings. The number of carbonyl (C=O) groups excluding carboxylic acids is 2. The molecule has 0 unspecified atom stereocenters. The van der Waals surface area contributed by atoms with E-state index in [1.54, 1.807) is 0 Å². The van der Waals surface area contributed by atoms with E-state index in [0.717, 1.165) is 19.3 Å². The predicted molar refractivity (Wildman–Crippen MR) is 89.9 cm³/mol. The molecule has 26 heavy (non-hydrogen) atoms. The molecule has 6 nitrogen and oxygen atoms in total. The van der Waals surface area contributed by atoms with Gasteiger partial charge in [-0.3, -0.25) is 9.59 Å². The summed E-state index contributed by atoms with van der Waals surface area (Å²) in [4.78, 5) is 26.3. The van der Waals surface area contributed by atoms with E-state index in [2.05, 4.69) is 0 Å². The molecular weight excluding hydrogens is 336 g/mol. The Bertz CT molecular complexity index is 736. The van der Waals surface area contributed by atoms with Crippen LogP contribution in [-0.2, 0) is 14.3 Å². The van der Waals surface area contributed by atoms with Gasteiger partial charge in [0.05, 0.1) is 12.0 Å². The lowest BCUT2D eigenvalue weighted by molar-refractivity contribution is -0.233. The Balaban J connectivity index is 1.72. The smallest absolute Gasteiger partial charge is 0.312 e. The highest BCUT2D eigenvalue weighted by Crippen LogP contribution is 2.77. The van der Waals surface area contributed by atoms with Crippen molar-refractivity contribution in [3.8, 4) is 0 Å². The van der Waals surface area contributed by atoms with Crippen molar-refractivity contribution in [1.29, 1.82) is 0 Å². The van der Waals surface area contributed by atoms with E-state index in [9.17, 15) is 24.9 Å². The molecular formula is C20H28O6. The Kier molecular flexibility index (Phi) is 2.88. The van der Waals surface area contributed by atoms with E-state index in [4.69, 9.17) is 4.74 Å². The van der Waals surface area contributed by atoms with Crippen LogP contribution >= 0.6 is 0 Å². The molecule has 144 valence electrons. The molecule has 1 saturated heterocycles. The number of ether oxygens (including phenoxy) is 1. The Morgan fingerprint density at radius 1 is 1.08 bits per heavy atom. The normalized spacial score (nSPS) is 60.4. The van der Waals surface area contributed by atoms with E-state index >= 15 is 0 Å². The highest BCUT2D eigenvalue weighted by Gasteiger charge is 2.84. The molecule has 0 aromatic heterocycles. The van der Waals surface area contributed by atoms with Gasteiger partial charge in [0.1, 0.15) is 11.2 Å². The summed E-state index contributed by atoms with van der Waals surface area (Å²) in [5, 5.41) is 31.8. The first-order valence-electron chi connectivity index (χ1n) is 9.89. The summed E-state index contributed by atoms with van der Waals surface area (Å²) in [5.41, 5.74) is -6.48. The van der Waals surface area contributed by atoms with Crippen molar-refractivity contribution < 1.29 is 29.6 Å². The molecule has 3 N–H and O–H groups in total. The number of carbonyl (C=O) groups is 2. The zero-order chi connectivity index (χ0) is 18.8. The van der Waals surface area contributed by atoms with Crippen LogP contribution in [0, 0.1) is 22.2 Å². The van der Waals surface area contributed by atoms with Gasteiger partial charge in [0.25, 0.3) is 0 Å². The van der Waals surface area contributed by atoms with E-state index in [0.29, 0.717) is 19.3 Å². The second kappa shape index (κ2) is 4.36. The summed E-state index contributed by atoms with van der Waals surface area (Å²) >= 11 is 0. The number of hydrogen-bond acceptors (Lipinski definition) is 6. The molecule has 0 aromatic rings. The highest BCUT2D eigenvalue weighted by molar-refractivity contribution is 5.98. The van der Waals surface area contributed by atoms with Gasteiger partial charge in [-0.15, -0.1) is 0 Å². The summed E-state index contributed by atoms with van der Waals surface area (Å²) in [6, 6.07) is 0. The molecule has 5 rings (SSSR count). The van der Waals surface area contributed by atoms with Crippen LogP contribution in [0.15, 0.2) is 0 Å². The second-order valence-corrected chi connectivity index (χ2v) is 10.1. The van der Waals surface area contributed by atoms with Crippen LogP contribution in [0.2, 0.25) is 0 Å². The monoisotopic (exact) mass is 364 g/mol. The van der Waals surface area contributed by atoms with E-state index in [1.807, 2.05) is 13.8 Å². The Labute approximate surface area is 152 Å². The van der Waals surface area contributed by atoms with E-state index in [-0.39, 0.29) is 24.7 Å². The Morgan fingerprint density at radius 3 is 2.50 bits per heavy atom. The second-order valence-electron chi connectivity index (χ2n) is 10.1. The largest absolute Gasteiger partial charge is 0.458 e. The summed E-state index contributed by atoms with van der Waals surface area (Å²) in [6.07, 6.45) is 4.55. The number of ketones is 1. The predicted octanol–water partition coefficient (Wildman–Crippen LogP) is 1.10. The molecule has 1 heterocycles. The zero-order valence-corrected chi connectivity index (χ0v) is 15.5. The van der Waals surface area contributed by atoms with Gasteiger partial charge in [-0.1, -0.05) is 6.92 Å². The Hall–Kier alpha value is -0.980. The quantitative estimate of drug-likeness (QED) is 0.602. The van der Waals surface area contributed by atoms with Crippen LogP contribution in [-0.4, -0.2) is 50.5 Å². The number of hydrogen-bond donors (Lipinski definition) is 3. The summed E-state index contributed by atoms with van der Waals surface area (Å²) in [6.45, 7) is 3.26. The van der Waals surface area contributed by atoms with Gasteiger partial charge in [-0.05, 0) is 58.3 Å². The third-order valence-electron chi connectivity index (χ3n) is 9.61. The van der Waals surface area contributed by atoms with Gasteiger partial charge in [-0.25, -0.2) is 0 Å². The SMILES string of the molecule is C[C@]12CC[C@]3(O)C[C@@]1(CC[C@@H]1[C@@]4(C)CCC[C@]12OC4=O)C(=O)[C@@]3(O)CO. The number of fused-ring (bicyclic) bond motifs is 1. The molecule has 4 aliphatic carbocycles. The zero-order valence-electron chi connectivity index (χ0n) is 15.5. The van der Waals surface area contributed by atoms with Crippen molar-refractivity contribution in [1.82, 2.24) is 0 Å². The van der Waals surface area contributed by atoms with Gasteiger partial charge in [-0.2, -0.15) is 0 Å². The molecule has 7 atom stereocenters. The molecule has 4 bridgehead atoms. The van der Waals surface area contributed by atoms with Crippen molar-refractivity contribution in [2.45, 2.75) is 82.0 Å². The van der Waals surface area contributed by atoms with Crippen molar-refractivity contribution in [2.75, 3.05) is 6.61 Å². The van der Waals surface area contributed by atoms with Crippen molar-refractivity contribution >= 4 is 11.8 Å². The maximum atomic E-state index is 13.5. The fourth-order valence-corrected chi connectivity index (χ4v) is 8.03. The minimum atomic E-state index is -2.12. The van der Waals surface area contributed by atoms with Crippen LogP contribution in [0.25, 0.3) is 0 Å². The topological polar surface area (TPSA) is 104 Å². The first-order chi connectivity index (χ1) is 12.1. The van der Waals surface area contributed by atoms with E-state index in [1.165, 1.54) is 0 Å². The van der Waals surface area contributed by atoms with Crippen molar-refractivity contribution in [3.05, 3.63) is 0 Å². The maximum absolute atomic E-state index is 13.5. The molecule has 0 radical (unpaired) electrons. The molecule has 0 aromatic carbocycles. The van der Waals surface area contributed by atoms with Crippen molar-refractivity contribution in [2.24, 2.45) is 22.2 Å². The third-order valence-corrected chi connectivity index (χ3v) is 9.61. The number of rotatable bonds is 1. The average molecular weight is 364 g/mol. The maximum Gasteiger partial charge on any atom is 0.312 e. The minimum Gasteiger partial charge on any atom is -0.458 e. The molecule has 0 amide bonds. The van der Waals surface area contributed by atoms with Crippen LogP contribution < -0.4 is 0 Å². The van der Waals surface area contributed by atoms with Gasteiger partial charge < -0.3 is 20.1 Å². The van der Waals surface area contributed by atoms with Crippen LogP contribution in [0.1, 0.15) is 65.2 Å². The van der Waals surface area contributed by atoms with Gasteiger partial charge in [0.15, 0.2) is 11.4 Å². The number of esters is 1. The average Bonchev–Trinajstić information content (AvgIpc) is 2.82. The molecule has 1 spiro atoms. The Morgan fingerprint density at radius 2 is 1.81 bits per heavy atom. The standard InChI is InChI=1S/C20H28O6/c1-15-5-3-6-20(26-14(15)23)12(15)4-7-17-10-18(24,9-8-16(17,20)2)19(25,11-21)13(17)22/h12,21,24-25H,3-11H2,1-2H3/t12-,15-,16+,17+,18+,19+,20+/m1/s1. The highest BCUT2D eigenvalue weighted by atomic mass is 16.6. The number of Topliss-reactive ketones (excluding diaryl/α,β-unsaturated/α-hetero) is 1. The minimum absolute atomic E-state index is 0.0775. The van der Waals surface area contributed by atoms with Gasteiger partial charge in [0.2, 0.25) is 0 Å². The summed E-state index contributed by atoms with van der Waals surface area (Å²) < 4.78 is 6.16. The van der Waals surface area contributed by atoms with Crippen LogP contribution in [0.4, 0.5) is 0 Å². The van der Waals surface area contributed by atoms with Crippen LogP contribution in [0.5, 0.6) is 0 Å². The number of aliphatic hydroxyl groups is 3. The van der Waals surface area contributed by atoms with Crippen molar-refractivity contribution in [3.63, 3.8) is 0 Å². The van der Waals surface area contributed by atoms with Gasteiger partial charge in [0, 0.05) is 16.7 Å². The molecule has 5 aliphatic rings. The van der Waals surface area contributed by atoms with Crippen LogP contribution in [0.3, 0.4) is 0 Å². The fraction of sp³-hybridized carbons (Fsp3) is 0.900. The number of aliphatic hydroxyl groups excluding tert-OH is 1. The first kappa shape index (κ1) is 17.1. The fourth-order valence-electron chi connectivity index (χ4n) is 8.03. The summed E-state index contributed by atoms with van der Waals surface area (Å²) in [7, 11) is 0. The third kappa shape index (κ3) is 1.35.